The van der Waals surface area contributed by atoms with Crippen LogP contribution in [0.3, 0.4) is 0 Å². The molecule has 0 aliphatic rings. The predicted molar refractivity (Wildman–Crippen MR) is 86.2 cm³/mol. The Labute approximate surface area is 157 Å². The number of aryl methyl sites for hydroxylation is 1. The Morgan fingerprint density at radius 2 is 1.39 bits per heavy atom. The van der Waals surface area contributed by atoms with E-state index in [4.69, 9.17) is 9.47 Å². The largest absolute Gasteiger partial charge is 0.496 e. The van der Waals surface area contributed by atoms with Crippen molar-refractivity contribution in [3.8, 4) is 11.5 Å². The zero-order valence-corrected chi connectivity index (χ0v) is 15.4. The number of amides is 1. The van der Waals surface area contributed by atoms with E-state index in [9.17, 15) is 35.5 Å². The zero-order chi connectivity index (χ0) is 21.8. The van der Waals surface area contributed by atoms with E-state index in [2.05, 4.69) is 0 Å². The fourth-order valence-corrected chi connectivity index (χ4v) is 2.43. The van der Waals surface area contributed by atoms with Crippen LogP contribution in [0.1, 0.15) is 24.5 Å². The van der Waals surface area contributed by atoms with E-state index < -0.39 is 30.5 Å². The van der Waals surface area contributed by atoms with E-state index >= 15 is 0 Å². The maximum absolute atomic E-state index is 13.3. The van der Waals surface area contributed by atoms with Gasteiger partial charge in [0.2, 0.25) is 0 Å². The Morgan fingerprint density at radius 3 is 1.79 bits per heavy atom. The molecule has 0 unspecified atom stereocenters. The third kappa shape index (κ3) is 4.79. The van der Waals surface area contributed by atoms with Crippen LogP contribution in [-0.4, -0.2) is 44.7 Å². The second kappa shape index (κ2) is 8.87. The van der Waals surface area contributed by atoms with Gasteiger partial charge in [0.15, 0.2) is 0 Å². The highest BCUT2D eigenvalue weighted by Crippen LogP contribution is 2.46. The molecule has 0 bridgehead atoms. The lowest BCUT2D eigenvalue weighted by Gasteiger charge is -2.27. The van der Waals surface area contributed by atoms with Gasteiger partial charge < -0.3 is 14.8 Å². The molecule has 1 rings (SSSR count). The second-order valence-electron chi connectivity index (χ2n) is 5.88. The van der Waals surface area contributed by atoms with Crippen molar-refractivity contribution < 1.29 is 45.0 Å². The number of hydrogen-bond acceptors (Lipinski definition) is 3. The van der Waals surface area contributed by atoms with Crippen molar-refractivity contribution in [2.45, 2.75) is 44.2 Å². The summed E-state index contributed by atoms with van der Waals surface area (Å²) in [5.74, 6) is -14.3. The van der Waals surface area contributed by atoms with Gasteiger partial charge in [-0.05, 0) is 36.1 Å². The number of nitrogens with one attached hydrogen (secondary N) is 1. The van der Waals surface area contributed by atoms with Crippen LogP contribution in [0.25, 0.3) is 0 Å². The van der Waals surface area contributed by atoms with Crippen LogP contribution in [-0.2, 0) is 17.6 Å². The first-order valence-electron chi connectivity index (χ1n) is 8.17. The Kier molecular flexibility index (Phi) is 7.55. The van der Waals surface area contributed by atoms with Crippen molar-refractivity contribution in [2.24, 2.45) is 0 Å². The first kappa shape index (κ1) is 23.8. The molecule has 0 radical (unpaired) electrons. The van der Waals surface area contributed by atoms with Gasteiger partial charge in [0.25, 0.3) is 5.91 Å². The summed E-state index contributed by atoms with van der Waals surface area (Å²) in [5, 5.41) is 1.41. The zero-order valence-electron chi connectivity index (χ0n) is 15.4. The van der Waals surface area contributed by atoms with Crippen LogP contribution in [0, 0.1) is 0 Å². The molecule has 1 aromatic carbocycles. The van der Waals surface area contributed by atoms with Crippen molar-refractivity contribution in [3.63, 3.8) is 0 Å². The van der Waals surface area contributed by atoms with E-state index in [1.54, 1.807) is 6.07 Å². The molecule has 0 aliphatic heterocycles. The van der Waals surface area contributed by atoms with Crippen LogP contribution in [0.15, 0.2) is 12.1 Å². The summed E-state index contributed by atoms with van der Waals surface area (Å²) in [5.41, 5.74) is 1.20. The van der Waals surface area contributed by atoms with Crippen molar-refractivity contribution in [1.29, 1.82) is 0 Å². The van der Waals surface area contributed by atoms with Crippen LogP contribution >= 0.6 is 0 Å². The second-order valence-corrected chi connectivity index (χ2v) is 5.88. The van der Waals surface area contributed by atoms with Gasteiger partial charge in [-0.25, -0.2) is 0 Å². The van der Waals surface area contributed by atoms with Gasteiger partial charge in [-0.2, -0.15) is 30.7 Å². The third-order valence-corrected chi connectivity index (χ3v) is 3.92. The summed E-state index contributed by atoms with van der Waals surface area (Å²) in [4.78, 5) is 11.3. The lowest BCUT2D eigenvalue weighted by atomic mass is 10.0. The van der Waals surface area contributed by atoms with E-state index in [1.807, 2.05) is 6.92 Å². The van der Waals surface area contributed by atoms with Gasteiger partial charge >= 0.3 is 18.0 Å². The van der Waals surface area contributed by atoms with Crippen LogP contribution in [0.2, 0.25) is 0 Å². The molecule has 0 saturated heterocycles. The Morgan fingerprint density at radius 1 is 0.929 bits per heavy atom. The lowest BCUT2D eigenvalue weighted by molar-refractivity contribution is -0.344. The molecule has 0 saturated carbocycles. The maximum Gasteiger partial charge on any atom is 0.460 e. The average molecular weight is 419 g/mol. The normalized spacial score (nSPS) is 12.6. The molecule has 11 heteroatoms. The molecule has 28 heavy (non-hydrogen) atoms. The SMILES string of the molecule is CCCc1cc(OC)c(CCNC(=O)C(F)(F)C(F)(F)C(F)(F)F)cc1OC. The Balaban J connectivity index is 2.92. The van der Waals surface area contributed by atoms with E-state index in [-0.39, 0.29) is 6.42 Å². The van der Waals surface area contributed by atoms with Crippen molar-refractivity contribution in [3.05, 3.63) is 23.3 Å². The lowest BCUT2D eigenvalue weighted by Crippen LogP contribution is -2.59. The standard InChI is InChI=1S/C17H20F7NO3/c1-4-5-10-8-13(28-3)11(9-12(10)27-2)6-7-25-14(26)15(18,19)16(20,21)17(22,23)24/h8-9H,4-7H2,1-3H3,(H,25,26). The van der Waals surface area contributed by atoms with Crippen molar-refractivity contribution in [2.75, 3.05) is 20.8 Å². The first-order chi connectivity index (χ1) is 12.8. The van der Waals surface area contributed by atoms with E-state index in [0.29, 0.717) is 23.5 Å². The number of rotatable bonds is 9. The monoisotopic (exact) mass is 419 g/mol. The minimum absolute atomic E-state index is 0.161. The van der Waals surface area contributed by atoms with Gasteiger partial charge in [0.05, 0.1) is 14.2 Å². The third-order valence-electron chi connectivity index (χ3n) is 3.92. The van der Waals surface area contributed by atoms with Gasteiger partial charge in [-0.3, -0.25) is 4.79 Å². The molecule has 0 atom stereocenters. The molecule has 0 heterocycles. The van der Waals surface area contributed by atoms with Crippen LogP contribution < -0.4 is 14.8 Å². The molecule has 160 valence electrons. The minimum atomic E-state index is -6.57. The molecular weight excluding hydrogens is 399 g/mol. The number of carbonyl (C=O) groups is 1. The molecule has 0 aromatic heterocycles. The van der Waals surface area contributed by atoms with Crippen molar-refractivity contribution >= 4 is 5.91 Å². The van der Waals surface area contributed by atoms with Gasteiger partial charge in [-0.1, -0.05) is 13.3 Å². The topological polar surface area (TPSA) is 47.6 Å². The maximum atomic E-state index is 13.3. The summed E-state index contributed by atoms with van der Waals surface area (Å²) in [7, 11) is 2.75. The van der Waals surface area contributed by atoms with Crippen LogP contribution in [0.4, 0.5) is 30.7 Å². The minimum Gasteiger partial charge on any atom is -0.496 e. The number of alkyl halides is 7. The molecule has 0 aliphatic carbocycles. The molecule has 1 amide bonds. The van der Waals surface area contributed by atoms with Gasteiger partial charge in [0.1, 0.15) is 11.5 Å². The molecule has 4 nitrogen and oxygen atoms in total. The summed E-state index contributed by atoms with van der Waals surface area (Å²) in [6.07, 6.45) is -5.27. The van der Waals surface area contributed by atoms with E-state index in [1.165, 1.54) is 25.6 Å². The highest BCUT2D eigenvalue weighted by Gasteiger charge is 2.76. The number of methoxy groups -OCH3 is 2. The molecule has 0 spiro atoms. The highest BCUT2D eigenvalue weighted by molar-refractivity contribution is 5.84. The molecule has 1 N–H and O–H groups in total. The van der Waals surface area contributed by atoms with Crippen LogP contribution in [0.5, 0.6) is 11.5 Å². The summed E-state index contributed by atoms with van der Waals surface area (Å²) >= 11 is 0. The first-order valence-corrected chi connectivity index (χ1v) is 8.17. The van der Waals surface area contributed by atoms with Crippen molar-refractivity contribution in [1.82, 2.24) is 5.32 Å². The summed E-state index contributed by atoms with van der Waals surface area (Å²) in [6.45, 7) is 1.32. The highest BCUT2D eigenvalue weighted by atomic mass is 19.4. The van der Waals surface area contributed by atoms with Gasteiger partial charge in [0, 0.05) is 6.54 Å². The quantitative estimate of drug-likeness (QED) is 0.612. The number of halogens is 7. The number of benzene rings is 1. The Hall–Kier alpha value is -2.20. The average Bonchev–Trinajstić information content (AvgIpc) is 2.61. The number of ether oxygens (including phenoxy) is 2. The number of hydrogen-bond donors (Lipinski definition) is 1. The summed E-state index contributed by atoms with van der Waals surface area (Å²) < 4.78 is 99.1. The molecular formula is C17H20F7NO3. The molecule has 1 aromatic rings. The molecule has 0 fully saturated rings. The summed E-state index contributed by atoms with van der Waals surface area (Å²) in [6, 6.07) is 3.17. The fourth-order valence-electron chi connectivity index (χ4n) is 2.43. The number of carbonyl (C=O) groups excluding carboxylic acids is 1. The van der Waals surface area contributed by atoms with E-state index in [0.717, 1.165) is 12.0 Å². The fraction of sp³-hybridized carbons (Fsp3) is 0.588. The Bertz CT molecular complexity index is 690. The van der Waals surface area contributed by atoms with Gasteiger partial charge in [-0.15, -0.1) is 0 Å². The smallest absolute Gasteiger partial charge is 0.460 e. The predicted octanol–water partition coefficient (Wildman–Crippen LogP) is 4.15.